The van der Waals surface area contributed by atoms with Gasteiger partial charge in [0.1, 0.15) is 17.8 Å². The molecule has 2 aromatic rings. The quantitative estimate of drug-likeness (QED) is 0.802. The van der Waals surface area contributed by atoms with Crippen molar-refractivity contribution in [2.75, 3.05) is 37.9 Å². The summed E-state index contributed by atoms with van der Waals surface area (Å²) in [4.78, 5) is 13.9. The molecule has 0 bridgehead atoms. The fourth-order valence-electron chi connectivity index (χ4n) is 4.22. The molecule has 1 atom stereocenters. The van der Waals surface area contributed by atoms with Crippen LogP contribution in [-0.4, -0.2) is 72.8 Å². The molecule has 1 saturated carbocycles. The number of sulfonamides is 1. The topological polar surface area (TPSA) is 91.4 Å². The van der Waals surface area contributed by atoms with Crippen LogP contribution in [-0.2, 0) is 14.8 Å². The molecule has 1 N–H and O–H groups in total. The van der Waals surface area contributed by atoms with Gasteiger partial charge in [0, 0.05) is 39.5 Å². The molecule has 3 heterocycles. The lowest BCUT2D eigenvalue weighted by Crippen LogP contribution is -2.49. The smallest absolute Gasteiger partial charge is 0.214 e. The Hall–Kier alpha value is -1.71. The van der Waals surface area contributed by atoms with Crippen LogP contribution >= 0.6 is 0 Å². The van der Waals surface area contributed by atoms with E-state index < -0.39 is 10.0 Å². The number of anilines is 1. The van der Waals surface area contributed by atoms with Crippen LogP contribution < -0.4 is 4.90 Å². The zero-order chi connectivity index (χ0) is 19.0. The molecule has 1 aliphatic heterocycles. The van der Waals surface area contributed by atoms with E-state index in [4.69, 9.17) is 4.74 Å². The van der Waals surface area contributed by atoms with Crippen LogP contribution in [0.1, 0.15) is 25.7 Å². The van der Waals surface area contributed by atoms with E-state index in [2.05, 4.69) is 19.9 Å². The van der Waals surface area contributed by atoms with Gasteiger partial charge < -0.3 is 14.6 Å². The average Bonchev–Trinajstić information content (AvgIpc) is 3.12. The van der Waals surface area contributed by atoms with E-state index in [1.807, 2.05) is 19.3 Å². The van der Waals surface area contributed by atoms with Crippen molar-refractivity contribution in [1.29, 1.82) is 0 Å². The fraction of sp³-hybridized carbons (Fsp3) is 0.667. The van der Waals surface area contributed by atoms with Crippen LogP contribution in [0.2, 0.25) is 0 Å². The van der Waals surface area contributed by atoms with Gasteiger partial charge in [0.05, 0.1) is 17.2 Å². The van der Waals surface area contributed by atoms with Gasteiger partial charge in [-0.2, -0.15) is 4.31 Å². The number of aromatic nitrogens is 3. The number of fused-ring (bicyclic) bond motifs is 1. The van der Waals surface area contributed by atoms with Gasteiger partial charge in [0.25, 0.3) is 0 Å². The standard InChI is InChI=1S/C18H27N5O3S/c1-22(18-16-5-6-19-17(16)20-12-21-18)14-8-13(9-14)11-27(24,25)23-7-3-4-15(10-23)26-2/h5-6,12-15H,3-4,7-11H2,1-2H3,(H,19,20,21)/t13?,14?,15-/m1/s1. The zero-order valence-electron chi connectivity index (χ0n) is 15.8. The van der Waals surface area contributed by atoms with Crippen LogP contribution in [0.15, 0.2) is 18.6 Å². The largest absolute Gasteiger partial charge is 0.380 e. The van der Waals surface area contributed by atoms with E-state index in [0.29, 0.717) is 19.1 Å². The summed E-state index contributed by atoms with van der Waals surface area (Å²) in [6.07, 6.45) is 6.99. The molecule has 0 aromatic carbocycles. The Morgan fingerprint density at radius 1 is 1.37 bits per heavy atom. The Morgan fingerprint density at radius 2 is 2.19 bits per heavy atom. The van der Waals surface area contributed by atoms with Crippen molar-refractivity contribution in [2.24, 2.45) is 5.92 Å². The van der Waals surface area contributed by atoms with Crippen LogP contribution in [0.5, 0.6) is 0 Å². The molecule has 0 radical (unpaired) electrons. The number of H-pyrrole nitrogens is 1. The summed E-state index contributed by atoms with van der Waals surface area (Å²) < 4.78 is 32.5. The Bertz CT molecular complexity index is 893. The minimum atomic E-state index is -3.22. The van der Waals surface area contributed by atoms with Gasteiger partial charge in [-0.1, -0.05) is 0 Å². The van der Waals surface area contributed by atoms with Crippen molar-refractivity contribution < 1.29 is 13.2 Å². The third-order valence-electron chi connectivity index (χ3n) is 5.94. The first kappa shape index (κ1) is 18.6. The maximum atomic E-state index is 12.8. The summed E-state index contributed by atoms with van der Waals surface area (Å²) in [7, 11) is 0.459. The summed E-state index contributed by atoms with van der Waals surface area (Å²) in [6, 6.07) is 2.29. The monoisotopic (exact) mass is 393 g/mol. The molecule has 2 aromatic heterocycles. The van der Waals surface area contributed by atoms with Crippen LogP contribution in [0, 0.1) is 5.92 Å². The number of nitrogens with one attached hydrogen (secondary N) is 1. The molecule has 1 aliphatic carbocycles. The molecule has 1 saturated heterocycles. The van der Waals surface area contributed by atoms with Crippen LogP contribution in [0.3, 0.4) is 0 Å². The second-order valence-electron chi connectivity index (χ2n) is 7.68. The summed E-state index contributed by atoms with van der Waals surface area (Å²) in [5, 5.41) is 0.995. The molecular weight excluding hydrogens is 366 g/mol. The predicted octanol–water partition coefficient (Wildman–Crippen LogP) is 1.61. The van der Waals surface area contributed by atoms with E-state index in [-0.39, 0.29) is 17.8 Å². The van der Waals surface area contributed by atoms with Gasteiger partial charge in [-0.05, 0) is 37.7 Å². The zero-order valence-corrected chi connectivity index (χ0v) is 16.7. The number of methoxy groups -OCH3 is 1. The van der Waals surface area contributed by atoms with Crippen molar-refractivity contribution >= 4 is 26.9 Å². The molecule has 4 rings (SSSR count). The number of aromatic amines is 1. The molecule has 0 amide bonds. The minimum absolute atomic E-state index is 0.0234. The molecule has 2 aliphatic rings. The molecule has 0 unspecified atom stereocenters. The number of hydrogen-bond acceptors (Lipinski definition) is 6. The Kier molecular flexibility index (Phi) is 5.09. The molecule has 2 fully saturated rings. The normalized spacial score (nSPS) is 26.8. The molecule has 8 nitrogen and oxygen atoms in total. The highest BCUT2D eigenvalue weighted by molar-refractivity contribution is 7.89. The van der Waals surface area contributed by atoms with Gasteiger partial charge in [-0.15, -0.1) is 0 Å². The Morgan fingerprint density at radius 3 is 2.96 bits per heavy atom. The van der Waals surface area contributed by atoms with Crippen molar-refractivity contribution in [2.45, 2.75) is 37.8 Å². The van der Waals surface area contributed by atoms with Gasteiger partial charge in [0.15, 0.2) is 0 Å². The molecule has 27 heavy (non-hydrogen) atoms. The molecular formula is C18H27N5O3S. The maximum absolute atomic E-state index is 12.8. The number of piperidine rings is 1. The number of rotatable bonds is 6. The third kappa shape index (κ3) is 3.68. The minimum Gasteiger partial charge on any atom is -0.380 e. The Balaban J connectivity index is 1.36. The number of ether oxygens (including phenoxy) is 1. The summed E-state index contributed by atoms with van der Waals surface area (Å²) >= 11 is 0. The highest BCUT2D eigenvalue weighted by Gasteiger charge is 2.38. The lowest BCUT2D eigenvalue weighted by atomic mass is 9.81. The van der Waals surface area contributed by atoms with Crippen molar-refractivity contribution in [3.63, 3.8) is 0 Å². The van der Waals surface area contributed by atoms with Gasteiger partial charge in [-0.3, -0.25) is 0 Å². The van der Waals surface area contributed by atoms with Gasteiger partial charge >= 0.3 is 0 Å². The molecule has 9 heteroatoms. The second-order valence-corrected chi connectivity index (χ2v) is 9.69. The molecule has 148 valence electrons. The first-order chi connectivity index (χ1) is 13.0. The lowest BCUT2D eigenvalue weighted by molar-refractivity contribution is 0.0569. The first-order valence-electron chi connectivity index (χ1n) is 9.49. The highest BCUT2D eigenvalue weighted by Crippen LogP contribution is 2.36. The second kappa shape index (κ2) is 7.37. The SMILES string of the molecule is CO[C@@H]1CCCN(S(=O)(=O)CC2CC(N(C)c3ncnc4[nH]ccc34)C2)C1. The lowest BCUT2D eigenvalue weighted by Gasteiger charge is -2.42. The Labute approximate surface area is 160 Å². The summed E-state index contributed by atoms with van der Waals surface area (Å²) in [5.74, 6) is 1.33. The van der Waals surface area contributed by atoms with E-state index in [9.17, 15) is 8.42 Å². The van der Waals surface area contributed by atoms with Gasteiger partial charge in [0.2, 0.25) is 10.0 Å². The number of hydrogen-bond donors (Lipinski definition) is 1. The van der Waals surface area contributed by atoms with Gasteiger partial charge in [-0.25, -0.2) is 18.4 Å². The predicted molar refractivity (Wildman–Crippen MR) is 104 cm³/mol. The van der Waals surface area contributed by atoms with E-state index in [0.717, 1.165) is 42.5 Å². The number of nitrogens with zero attached hydrogens (tertiary/aromatic N) is 4. The maximum Gasteiger partial charge on any atom is 0.214 e. The third-order valence-corrected chi connectivity index (χ3v) is 7.95. The van der Waals surface area contributed by atoms with Crippen LogP contribution in [0.25, 0.3) is 11.0 Å². The van der Waals surface area contributed by atoms with E-state index >= 15 is 0 Å². The van der Waals surface area contributed by atoms with E-state index in [1.165, 1.54) is 0 Å². The highest BCUT2D eigenvalue weighted by atomic mass is 32.2. The van der Waals surface area contributed by atoms with Crippen molar-refractivity contribution in [1.82, 2.24) is 19.3 Å². The van der Waals surface area contributed by atoms with Crippen molar-refractivity contribution in [3.05, 3.63) is 18.6 Å². The average molecular weight is 394 g/mol. The summed E-state index contributed by atoms with van der Waals surface area (Å²) in [5.41, 5.74) is 0.822. The fourth-order valence-corrected chi connectivity index (χ4v) is 6.10. The van der Waals surface area contributed by atoms with E-state index in [1.54, 1.807) is 17.7 Å². The summed E-state index contributed by atoms with van der Waals surface area (Å²) in [6.45, 7) is 1.10. The van der Waals surface area contributed by atoms with Crippen LogP contribution in [0.4, 0.5) is 5.82 Å². The van der Waals surface area contributed by atoms with Crippen molar-refractivity contribution in [3.8, 4) is 0 Å². The molecule has 0 spiro atoms. The first-order valence-corrected chi connectivity index (χ1v) is 11.1.